The first-order valence-electron chi connectivity index (χ1n) is 5.52. The van der Waals surface area contributed by atoms with Gasteiger partial charge in [0.05, 0.1) is 0 Å². The van der Waals surface area contributed by atoms with Crippen LogP contribution in [0.15, 0.2) is 41.3 Å². The minimum Gasteiger partial charge on any atom is -0.302 e. The molecule has 0 fully saturated rings. The van der Waals surface area contributed by atoms with Gasteiger partial charge in [-0.3, -0.25) is 4.98 Å². The predicted octanol–water partition coefficient (Wildman–Crippen LogP) is 3.20. The third kappa shape index (κ3) is 2.91. The smallest absolute Gasteiger partial charge is 0.191 e. The summed E-state index contributed by atoms with van der Waals surface area (Å²) in [6.07, 6.45) is 3.49. The Bertz CT molecular complexity index is 538. The van der Waals surface area contributed by atoms with Crippen molar-refractivity contribution in [3.8, 4) is 11.4 Å². The minimum absolute atomic E-state index is 0.608. The Hall–Kier alpha value is -1.33. The van der Waals surface area contributed by atoms with Crippen molar-refractivity contribution in [2.75, 3.05) is 5.75 Å². The average Bonchev–Trinajstić information content (AvgIpc) is 2.80. The van der Waals surface area contributed by atoms with Crippen molar-refractivity contribution in [1.29, 1.82) is 0 Å². The van der Waals surface area contributed by atoms with Crippen LogP contribution >= 0.6 is 23.4 Å². The van der Waals surface area contributed by atoms with Crippen molar-refractivity contribution < 1.29 is 0 Å². The monoisotopic (exact) mass is 280 g/mol. The molecule has 4 nitrogen and oxygen atoms in total. The van der Waals surface area contributed by atoms with Gasteiger partial charge in [-0.05, 0) is 19.1 Å². The Morgan fingerprint density at radius 3 is 2.72 bits per heavy atom. The Morgan fingerprint density at radius 1 is 1.39 bits per heavy atom. The van der Waals surface area contributed by atoms with E-state index in [4.69, 9.17) is 11.6 Å². The lowest BCUT2D eigenvalue weighted by molar-refractivity contribution is 0.687. The topological polar surface area (TPSA) is 43.6 Å². The number of pyridine rings is 1. The first-order chi connectivity index (χ1) is 8.72. The maximum atomic E-state index is 5.77. The predicted molar refractivity (Wildman–Crippen MR) is 74.6 cm³/mol. The van der Waals surface area contributed by atoms with Crippen molar-refractivity contribution in [2.45, 2.75) is 18.6 Å². The van der Waals surface area contributed by atoms with E-state index in [1.807, 2.05) is 12.1 Å². The molecule has 0 N–H and O–H groups in total. The van der Waals surface area contributed by atoms with E-state index in [2.05, 4.69) is 33.3 Å². The van der Waals surface area contributed by atoms with E-state index in [1.165, 1.54) is 11.8 Å². The first kappa shape index (κ1) is 13.1. The van der Waals surface area contributed by atoms with Gasteiger partial charge in [-0.15, -0.1) is 10.2 Å². The van der Waals surface area contributed by atoms with Gasteiger partial charge >= 0.3 is 0 Å². The van der Waals surface area contributed by atoms with Crippen molar-refractivity contribution in [3.05, 3.63) is 36.1 Å². The van der Waals surface area contributed by atoms with E-state index in [-0.39, 0.29) is 0 Å². The molecule has 0 spiro atoms. The third-order valence-corrected chi connectivity index (χ3v) is 3.67. The van der Waals surface area contributed by atoms with Gasteiger partial charge in [-0.1, -0.05) is 29.9 Å². The van der Waals surface area contributed by atoms with Crippen LogP contribution in [-0.4, -0.2) is 25.5 Å². The fraction of sp³-hybridized carbons (Fsp3) is 0.250. The van der Waals surface area contributed by atoms with Gasteiger partial charge in [0.25, 0.3) is 0 Å². The molecule has 0 unspecified atom stereocenters. The van der Waals surface area contributed by atoms with Crippen molar-refractivity contribution in [3.63, 3.8) is 0 Å². The summed E-state index contributed by atoms with van der Waals surface area (Å²) in [5.74, 6) is 1.48. The lowest BCUT2D eigenvalue weighted by Gasteiger charge is -2.06. The first-order valence-corrected chi connectivity index (χ1v) is 6.88. The van der Waals surface area contributed by atoms with E-state index >= 15 is 0 Å². The van der Waals surface area contributed by atoms with E-state index in [0.717, 1.165) is 23.1 Å². The molecule has 18 heavy (non-hydrogen) atoms. The summed E-state index contributed by atoms with van der Waals surface area (Å²) >= 11 is 7.30. The summed E-state index contributed by atoms with van der Waals surface area (Å²) in [7, 11) is 0. The van der Waals surface area contributed by atoms with Crippen LogP contribution in [0.5, 0.6) is 0 Å². The van der Waals surface area contributed by atoms with Crippen LogP contribution in [0, 0.1) is 0 Å². The van der Waals surface area contributed by atoms with E-state index in [0.29, 0.717) is 10.8 Å². The van der Waals surface area contributed by atoms with Crippen LogP contribution in [0.3, 0.4) is 0 Å². The summed E-state index contributed by atoms with van der Waals surface area (Å²) in [5, 5.41) is 9.88. The summed E-state index contributed by atoms with van der Waals surface area (Å²) < 4.78 is 2.06. The van der Waals surface area contributed by atoms with Crippen LogP contribution < -0.4 is 0 Å². The summed E-state index contributed by atoms with van der Waals surface area (Å²) in [6, 6.07) is 3.84. The van der Waals surface area contributed by atoms with Gasteiger partial charge in [-0.25, -0.2) is 0 Å². The molecule has 94 valence electrons. The van der Waals surface area contributed by atoms with Crippen LogP contribution in [-0.2, 0) is 6.54 Å². The molecule has 2 heterocycles. The largest absolute Gasteiger partial charge is 0.302 e. The maximum absolute atomic E-state index is 5.77. The molecule has 6 heteroatoms. The molecule has 0 amide bonds. The molecule has 0 aliphatic carbocycles. The highest BCUT2D eigenvalue weighted by molar-refractivity contribution is 7.99. The SMILES string of the molecule is C=C(Cl)CSc1nnc(-c2ccncc2)n1CC. The zero-order valence-corrected chi connectivity index (χ0v) is 11.6. The second kappa shape index (κ2) is 6.02. The van der Waals surface area contributed by atoms with Crippen LogP contribution in [0.2, 0.25) is 0 Å². The number of hydrogen-bond acceptors (Lipinski definition) is 4. The summed E-state index contributed by atoms with van der Waals surface area (Å²) in [5.41, 5.74) is 1.01. The van der Waals surface area contributed by atoms with Gasteiger partial charge < -0.3 is 4.57 Å². The fourth-order valence-electron chi connectivity index (χ4n) is 1.54. The van der Waals surface area contributed by atoms with Gasteiger partial charge in [0.15, 0.2) is 11.0 Å². The summed E-state index contributed by atoms with van der Waals surface area (Å²) in [4.78, 5) is 4.00. The van der Waals surface area contributed by atoms with E-state index in [9.17, 15) is 0 Å². The quantitative estimate of drug-likeness (QED) is 0.789. The van der Waals surface area contributed by atoms with E-state index in [1.54, 1.807) is 12.4 Å². The lowest BCUT2D eigenvalue weighted by atomic mass is 10.2. The van der Waals surface area contributed by atoms with Crippen molar-refractivity contribution in [2.24, 2.45) is 0 Å². The van der Waals surface area contributed by atoms with Crippen molar-refractivity contribution in [1.82, 2.24) is 19.7 Å². The number of rotatable bonds is 5. The second-order valence-electron chi connectivity index (χ2n) is 3.59. The number of nitrogens with zero attached hydrogens (tertiary/aromatic N) is 4. The standard InChI is InChI=1S/C12H13ClN4S/c1-3-17-11(10-4-6-14-7-5-10)15-16-12(17)18-8-9(2)13/h4-7H,2-3,8H2,1H3. The highest BCUT2D eigenvalue weighted by Gasteiger charge is 2.12. The molecule has 0 radical (unpaired) electrons. The Balaban J connectivity index is 2.30. The molecule has 2 aromatic heterocycles. The second-order valence-corrected chi connectivity index (χ2v) is 5.07. The Morgan fingerprint density at radius 2 is 2.11 bits per heavy atom. The molecule has 2 rings (SSSR count). The van der Waals surface area contributed by atoms with Gasteiger partial charge in [-0.2, -0.15) is 0 Å². The summed E-state index contributed by atoms with van der Waals surface area (Å²) in [6.45, 7) is 6.54. The van der Waals surface area contributed by atoms with Crippen LogP contribution in [0.4, 0.5) is 0 Å². The highest BCUT2D eigenvalue weighted by Crippen LogP contribution is 2.24. The zero-order chi connectivity index (χ0) is 13.0. The van der Waals surface area contributed by atoms with E-state index < -0.39 is 0 Å². The number of thioether (sulfide) groups is 1. The number of aromatic nitrogens is 4. The van der Waals surface area contributed by atoms with Crippen LogP contribution in [0.1, 0.15) is 6.92 Å². The maximum Gasteiger partial charge on any atom is 0.191 e. The number of hydrogen-bond donors (Lipinski definition) is 0. The highest BCUT2D eigenvalue weighted by atomic mass is 35.5. The van der Waals surface area contributed by atoms with Gasteiger partial charge in [0.1, 0.15) is 0 Å². The Kier molecular flexibility index (Phi) is 4.38. The molecule has 2 aromatic rings. The number of halogens is 1. The third-order valence-electron chi connectivity index (χ3n) is 2.33. The Labute approximate surface area is 115 Å². The average molecular weight is 281 g/mol. The molecule has 0 saturated carbocycles. The molecule has 0 saturated heterocycles. The van der Waals surface area contributed by atoms with Crippen LogP contribution in [0.25, 0.3) is 11.4 Å². The molecule has 0 aliphatic heterocycles. The molecule has 0 aliphatic rings. The van der Waals surface area contributed by atoms with Crippen molar-refractivity contribution >= 4 is 23.4 Å². The lowest BCUT2D eigenvalue weighted by Crippen LogP contribution is -2.00. The molecule has 0 aromatic carbocycles. The fourth-order valence-corrected chi connectivity index (χ4v) is 2.46. The van der Waals surface area contributed by atoms with Gasteiger partial charge in [0.2, 0.25) is 0 Å². The molecule has 0 atom stereocenters. The molecule has 0 bridgehead atoms. The van der Waals surface area contributed by atoms with Gasteiger partial charge in [0, 0.05) is 35.3 Å². The zero-order valence-electron chi connectivity index (χ0n) is 10.0. The molecular formula is C12H13ClN4S. The minimum atomic E-state index is 0.608. The normalized spacial score (nSPS) is 10.6. The molecular weight excluding hydrogens is 268 g/mol.